The van der Waals surface area contributed by atoms with E-state index in [0.29, 0.717) is 19.7 Å². The molecule has 0 aliphatic carbocycles. The van der Waals surface area contributed by atoms with E-state index in [4.69, 9.17) is 9.47 Å². The fourth-order valence-corrected chi connectivity index (χ4v) is 4.57. The minimum atomic E-state index is -0.442. The predicted octanol–water partition coefficient (Wildman–Crippen LogP) is 4.50. The molecule has 0 spiro atoms. The molecule has 154 valence electrons. The summed E-state index contributed by atoms with van der Waals surface area (Å²) >= 11 is 0. The van der Waals surface area contributed by atoms with Crippen LogP contribution in [0.3, 0.4) is 0 Å². The predicted molar refractivity (Wildman–Crippen MR) is 121 cm³/mol. The zero-order valence-electron chi connectivity index (χ0n) is 16.2. The van der Waals surface area contributed by atoms with Gasteiger partial charge in [-0.15, -0.1) is 0 Å². The van der Waals surface area contributed by atoms with Crippen LogP contribution in [0, 0.1) is 0 Å². The average Bonchev–Trinajstić information content (AvgIpc) is 2.75. The third kappa shape index (κ3) is 8.53. The van der Waals surface area contributed by atoms with Gasteiger partial charge in [-0.05, 0) is 24.3 Å². The molecule has 0 aliphatic heterocycles. The van der Waals surface area contributed by atoms with Crippen LogP contribution in [-0.4, -0.2) is 38.2 Å². The van der Waals surface area contributed by atoms with Gasteiger partial charge in [-0.25, -0.2) is 4.79 Å². The van der Waals surface area contributed by atoms with Gasteiger partial charge in [0.25, 0.3) is 0 Å². The minimum Gasteiger partial charge on any atom is -0.464 e. The molecule has 0 fully saturated rings. The molecule has 6 nitrogen and oxygen atoms in total. The Morgan fingerprint density at radius 2 is 1.31 bits per heavy atom. The van der Waals surface area contributed by atoms with Gasteiger partial charge in [0.1, 0.15) is 13.2 Å². The summed E-state index contributed by atoms with van der Waals surface area (Å²) in [5.41, 5.74) is 2.00. The second-order valence-electron chi connectivity index (χ2n) is 5.74. The van der Waals surface area contributed by atoms with Crippen molar-refractivity contribution >= 4 is 45.3 Å². The summed E-state index contributed by atoms with van der Waals surface area (Å²) in [7, 11) is 3.03. The number of hydrogen-bond donors (Lipinski definition) is 0. The number of anilines is 2. The number of nitrogens with zero attached hydrogens (tertiary/aromatic N) is 2. The highest BCUT2D eigenvalue weighted by Crippen LogP contribution is 2.36. The molecule has 2 rings (SSSR count). The van der Waals surface area contributed by atoms with Gasteiger partial charge < -0.3 is 18.1 Å². The third-order valence-corrected chi connectivity index (χ3v) is 6.10. The number of carbonyl (C=O) groups is 2. The van der Waals surface area contributed by atoms with Crippen LogP contribution in [-0.2, 0) is 19.1 Å². The maximum absolute atomic E-state index is 11.3. The van der Waals surface area contributed by atoms with Crippen molar-refractivity contribution in [2.45, 2.75) is 6.92 Å². The summed E-state index contributed by atoms with van der Waals surface area (Å²) in [5.74, 6) is -0.742. The molecule has 0 aliphatic rings. The normalized spacial score (nSPS) is 10.1. The third-order valence-electron chi connectivity index (χ3n) is 3.61. The van der Waals surface area contributed by atoms with Crippen molar-refractivity contribution in [3.63, 3.8) is 0 Å². The Balaban J connectivity index is 2.04. The molecule has 2 aromatic carbocycles. The van der Waals surface area contributed by atoms with Crippen LogP contribution < -0.4 is 8.61 Å². The Bertz CT molecular complexity index is 775. The largest absolute Gasteiger partial charge is 0.464 e. The van der Waals surface area contributed by atoms with Crippen LogP contribution in [0.15, 0.2) is 73.3 Å². The van der Waals surface area contributed by atoms with Crippen LogP contribution in [0.4, 0.5) is 11.4 Å². The Hall–Kier alpha value is -2.58. The van der Waals surface area contributed by atoms with Crippen molar-refractivity contribution in [2.24, 2.45) is 0 Å². The lowest BCUT2D eigenvalue weighted by molar-refractivity contribution is -0.140. The molecule has 29 heavy (non-hydrogen) atoms. The van der Waals surface area contributed by atoms with E-state index < -0.39 is 5.97 Å². The number of rotatable bonds is 12. The zero-order valence-corrected chi connectivity index (χ0v) is 17.9. The van der Waals surface area contributed by atoms with Crippen molar-refractivity contribution in [2.75, 3.05) is 34.9 Å². The van der Waals surface area contributed by atoms with Gasteiger partial charge in [0.15, 0.2) is 0 Å². The molecule has 0 N–H and O–H groups in total. The second kappa shape index (κ2) is 12.8. The van der Waals surface area contributed by atoms with Crippen LogP contribution >= 0.6 is 22.0 Å². The van der Waals surface area contributed by atoms with E-state index in [9.17, 15) is 9.59 Å². The van der Waals surface area contributed by atoms with Crippen molar-refractivity contribution in [1.82, 2.24) is 0 Å². The first-order valence-electron chi connectivity index (χ1n) is 9.02. The quantitative estimate of drug-likeness (QED) is 0.210. The Morgan fingerprint density at radius 1 is 0.862 bits per heavy atom. The van der Waals surface area contributed by atoms with E-state index in [2.05, 4.69) is 10.9 Å². The highest BCUT2D eigenvalue weighted by Gasteiger charge is 2.14. The summed E-state index contributed by atoms with van der Waals surface area (Å²) in [6, 6.07) is 19.7. The molecular weight excluding hydrogens is 408 g/mol. The monoisotopic (exact) mass is 432 g/mol. The number of para-hydroxylation sites is 2. The number of benzene rings is 2. The molecule has 0 atom stereocenters. The highest BCUT2D eigenvalue weighted by molar-refractivity contribution is 8.77. The van der Waals surface area contributed by atoms with Crippen molar-refractivity contribution in [1.29, 1.82) is 0 Å². The zero-order chi connectivity index (χ0) is 20.9. The van der Waals surface area contributed by atoms with Crippen LogP contribution in [0.2, 0.25) is 0 Å². The lowest BCUT2D eigenvalue weighted by Crippen LogP contribution is -2.24. The van der Waals surface area contributed by atoms with E-state index in [1.807, 2.05) is 65.0 Å². The van der Waals surface area contributed by atoms with E-state index >= 15 is 0 Å². The van der Waals surface area contributed by atoms with Crippen LogP contribution in [0.25, 0.3) is 0 Å². The Kier molecular flexibility index (Phi) is 10.0. The molecule has 2 aromatic rings. The molecule has 0 saturated carbocycles. The molecule has 0 bridgehead atoms. The molecule has 0 saturated heterocycles. The van der Waals surface area contributed by atoms with E-state index in [-0.39, 0.29) is 12.6 Å². The number of carbonyl (C=O) groups excluding carboxylic acids is 2. The smallest absolute Gasteiger partial charge is 0.330 e. The Labute approximate surface area is 179 Å². The van der Waals surface area contributed by atoms with Gasteiger partial charge in [0.05, 0.1) is 13.1 Å². The average molecular weight is 433 g/mol. The van der Waals surface area contributed by atoms with Gasteiger partial charge in [0.2, 0.25) is 0 Å². The first kappa shape index (κ1) is 22.7. The minimum absolute atomic E-state index is 0.242. The first-order chi connectivity index (χ1) is 14.1. The van der Waals surface area contributed by atoms with E-state index in [1.54, 1.807) is 0 Å². The van der Waals surface area contributed by atoms with Crippen molar-refractivity contribution in [3.05, 3.63) is 73.3 Å². The molecule has 0 radical (unpaired) electrons. The first-order valence-corrected chi connectivity index (χ1v) is 11.1. The number of esters is 2. The maximum Gasteiger partial charge on any atom is 0.330 e. The topological polar surface area (TPSA) is 59.1 Å². The fourth-order valence-electron chi connectivity index (χ4n) is 2.25. The van der Waals surface area contributed by atoms with Gasteiger partial charge in [-0.3, -0.25) is 4.79 Å². The molecule has 8 heteroatoms. The second-order valence-corrected chi connectivity index (χ2v) is 7.81. The van der Waals surface area contributed by atoms with E-state index in [0.717, 1.165) is 17.5 Å². The van der Waals surface area contributed by atoms with Crippen molar-refractivity contribution < 1.29 is 19.1 Å². The lowest BCUT2D eigenvalue weighted by Gasteiger charge is -2.27. The van der Waals surface area contributed by atoms with Crippen molar-refractivity contribution in [3.8, 4) is 0 Å². The summed E-state index contributed by atoms with van der Waals surface area (Å²) in [6.45, 7) is 6.39. The van der Waals surface area contributed by atoms with Gasteiger partial charge >= 0.3 is 11.9 Å². The molecule has 0 heterocycles. The number of ether oxygens (including phenoxy) is 2. The van der Waals surface area contributed by atoms with Crippen LogP contribution in [0.5, 0.6) is 0 Å². The highest BCUT2D eigenvalue weighted by atomic mass is 33.1. The molecular formula is C21H24N2O4S2. The van der Waals surface area contributed by atoms with Gasteiger partial charge in [0, 0.05) is 46.3 Å². The molecule has 0 unspecified atom stereocenters. The molecule has 0 aromatic heterocycles. The number of hydrogen-bond acceptors (Lipinski definition) is 8. The fraction of sp³-hybridized carbons (Fsp3) is 0.238. The van der Waals surface area contributed by atoms with Crippen LogP contribution in [0.1, 0.15) is 6.92 Å². The lowest BCUT2D eigenvalue weighted by atomic mass is 10.3. The molecule has 0 amide bonds. The van der Waals surface area contributed by atoms with Gasteiger partial charge in [-0.2, -0.15) is 0 Å². The summed E-state index contributed by atoms with van der Waals surface area (Å²) < 4.78 is 14.3. The van der Waals surface area contributed by atoms with Gasteiger partial charge in [-0.1, -0.05) is 43.0 Å². The summed E-state index contributed by atoms with van der Waals surface area (Å²) in [4.78, 5) is 22.4. The summed E-state index contributed by atoms with van der Waals surface area (Å²) in [5, 5.41) is 0. The summed E-state index contributed by atoms with van der Waals surface area (Å²) in [6.07, 6.45) is 1.15. The standard InChI is InChI=1S/C21H24N2O4S2/c1-3-21(25)27-17-15-23(20-12-8-5-9-13-20)29-28-22(14-16-26-18(2)24)19-10-6-4-7-11-19/h3-13H,1,14-17H2,2H3. The maximum atomic E-state index is 11.3. The SMILES string of the molecule is C=CC(=O)OCCN(SSN(CCOC(C)=O)c1ccccc1)c1ccccc1. The van der Waals surface area contributed by atoms with E-state index in [1.165, 1.54) is 28.9 Å². The Morgan fingerprint density at radius 3 is 1.72 bits per heavy atom.